The maximum atomic E-state index is 13.1. The minimum Gasteiger partial charge on any atom is -0.362 e. The Bertz CT molecular complexity index is 1340. The second-order valence-electron chi connectivity index (χ2n) is 8.51. The van der Waals surface area contributed by atoms with Gasteiger partial charge in [-0.2, -0.15) is 8.42 Å². The van der Waals surface area contributed by atoms with E-state index in [1.165, 1.54) is 23.4 Å². The largest absolute Gasteiger partial charge is 0.362 e. The van der Waals surface area contributed by atoms with E-state index in [1.807, 2.05) is 18.0 Å². The van der Waals surface area contributed by atoms with E-state index in [-0.39, 0.29) is 10.8 Å². The molecular weight excluding hydrogens is 424 g/mol. The van der Waals surface area contributed by atoms with Gasteiger partial charge in [-0.15, -0.1) is 4.40 Å². The summed E-state index contributed by atoms with van der Waals surface area (Å²) in [6.45, 7) is 0.804. The fraction of sp³-hybridized carbons (Fsp3) is 0.333. The molecule has 0 spiro atoms. The van der Waals surface area contributed by atoms with Gasteiger partial charge in [-0.1, -0.05) is 18.2 Å². The zero-order chi connectivity index (χ0) is 22.3. The van der Waals surface area contributed by atoms with Crippen LogP contribution in [-0.4, -0.2) is 43.6 Å². The second kappa shape index (κ2) is 8.09. The lowest BCUT2D eigenvalue weighted by Gasteiger charge is -2.11. The first-order chi connectivity index (χ1) is 15.4. The lowest BCUT2D eigenvalue weighted by Crippen LogP contribution is -2.20. The standard InChI is InChI=1S/C24H26N4O3S/c1-28-14-6-13-22(28)27-32(30,31)17-8-4-7-16(15-17)25-24(29)20-11-5-10-19-18-9-2-3-12-21(18)26-23(19)20/h4-5,7-8,10-11,15,26H,2-3,6,9,12-14H2,1H3,(H,25,29). The van der Waals surface area contributed by atoms with Crippen LogP contribution in [0.5, 0.6) is 0 Å². The molecule has 0 unspecified atom stereocenters. The summed E-state index contributed by atoms with van der Waals surface area (Å²) in [6, 6.07) is 12.0. The van der Waals surface area contributed by atoms with E-state index in [0.29, 0.717) is 23.5 Å². The third kappa shape index (κ3) is 3.79. The van der Waals surface area contributed by atoms with Crippen molar-refractivity contribution in [2.24, 2.45) is 4.40 Å². The Morgan fingerprint density at radius 2 is 1.88 bits per heavy atom. The third-order valence-corrected chi connectivity index (χ3v) is 7.63. The molecule has 2 N–H and O–H groups in total. The summed E-state index contributed by atoms with van der Waals surface area (Å²) < 4.78 is 29.6. The summed E-state index contributed by atoms with van der Waals surface area (Å²) in [7, 11) is -2.00. The molecule has 1 aliphatic carbocycles. The number of rotatable bonds is 4. The number of aromatic amines is 1. The smallest absolute Gasteiger partial charge is 0.284 e. The fourth-order valence-corrected chi connectivity index (χ4v) is 5.79. The molecule has 2 aromatic carbocycles. The first kappa shape index (κ1) is 20.8. The number of amidine groups is 1. The number of carbonyl (C=O) groups is 1. The highest BCUT2D eigenvalue weighted by molar-refractivity contribution is 7.90. The summed E-state index contributed by atoms with van der Waals surface area (Å²) in [5, 5.41) is 3.96. The van der Waals surface area contributed by atoms with Gasteiger partial charge in [0.2, 0.25) is 0 Å². The van der Waals surface area contributed by atoms with Crippen LogP contribution in [0.2, 0.25) is 0 Å². The van der Waals surface area contributed by atoms with E-state index in [4.69, 9.17) is 0 Å². The van der Waals surface area contributed by atoms with Gasteiger partial charge in [0.05, 0.1) is 16.0 Å². The van der Waals surface area contributed by atoms with Gasteiger partial charge < -0.3 is 15.2 Å². The van der Waals surface area contributed by atoms with Gasteiger partial charge >= 0.3 is 0 Å². The van der Waals surface area contributed by atoms with Crippen molar-refractivity contribution < 1.29 is 13.2 Å². The number of benzene rings is 2. The summed E-state index contributed by atoms with van der Waals surface area (Å²) >= 11 is 0. The number of H-pyrrole nitrogens is 1. The number of sulfonamides is 1. The number of carbonyl (C=O) groups excluding carboxylic acids is 1. The van der Waals surface area contributed by atoms with E-state index >= 15 is 0 Å². The number of likely N-dealkylation sites (tertiary alicyclic amines) is 1. The van der Waals surface area contributed by atoms with Crippen molar-refractivity contribution in [3.63, 3.8) is 0 Å². The molecule has 0 radical (unpaired) electrons. The quantitative estimate of drug-likeness (QED) is 0.625. The summed E-state index contributed by atoms with van der Waals surface area (Å²) in [4.78, 5) is 18.5. The van der Waals surface area contributed by atoms with E-state index in [2.05, 4.69) is 20.8 Å². The fourth-order valence-electron chi connectivity index (χ4n) is 4.65. The van der Waals surface area contributed by atoms with Crippen LogP contribution in [0.15, 0.2) is 51.8 Å². The molecule has 7 nitrogen and oxygen atoms in total. The monoisotopic (exact) mass is 450 g/mol. The highest BCUT2D eigenvalue weighted by Crippen LogP contribution is 2.31. The first-order valence-corrected chi connectivity index (χ1v) is 12.5. The van der Waals surface area contributed by atoms with Crippen molar-refractivity contribution in [1.29, 1.82) is 0 Å². The van der Waals surface area contributed by atoms with E-state index in [1.54, 1.807) is 18.2 Å². The molecular formula is C24H26N4O3S. The van der Waals surface area contributed by atoms with Gasteiger partial charge in [0, 0.05) is 36.8 Å². The molecule has 0 bridgehead atoms. The van der Waals surface area contributed by atoms with E-state index in [9.17, 15) is 13.2 Å². The maximum Gasteiger partial charge on any atom is 0.284 e. The Kier molecular flexibility index (Phi) is 5.25. The van der Waals surface area contributed by atoms with Crippen molar-refractivity contribution in [3.8, 4) is 0 Å². The van der Waals surface area contributed by atoms with Gasteiger partial charge in [-0.25, -0.2) is 0 Å². The summed E-state index contributed by atoms with van der Waals surface area (Å²) in [5.74, 6) is 0.299. The van der Waals surface area contributed by atoms with Gasteiger partial charge in [-0.3, -0.25) is 4.79 Å². The van der Waals surface area contributed by atoms with Gasteiger partial charge in [0.1, 0.15) is 5.84 Å². The lowest BCUT2D eigenvalue weighted by molar-refractivity contribution is 0.102. The number of amides is 1. The van der Waals surface area contributed by atoms with Crippen LogP contribution >= 0.6 is 0 Å². The predicted molar refractivity (Wildman–Crippen MR) is 126 cm³/mol. The molecule has 5 rings (SSSR count). The minimum atomic E-state index is -3.85. The molecule has 2 heterocycles. The highest BCUT2D eigenvalue weighted by atomic mass is 32.2. The molecule has 8 heteroatoms. The summed E-state index contributed by atoms with van der Waals surface area (Å²) in [6.07, 6.45) is 5.89. The van der Waals surface area contributed by atoms with Crippen molar-refractivity contribution >= 4 is 38.4 Å². The van der Waals surface area contributed by atoms with Crippen molar-refractivity contribution in [1.82, 2.24) is 9.88 Å². The van der Waals surface area contributed by atoms with Crippen molar-refractivity contribution in [3.05, 3.63) is 59.3 Å². The topological polar surface area (TPSA) is 94.6 Å². The Morgan fingerprint density at radius 1 is 1.06 bits per heavy atom. The molecule has 1 saturated heterocycles. The van der Waals surface area contributed by atoms with Crippen LogP contribution in [0.3, 0.4) is 0 Å². The number of fused-ring (bicyclic) bond motifs is 3. The second-order valence-corrected chi connectivity index (χ2v) is 10.1. The van der Waals surface area contributed by atoms with Crippen molar-refractivity contribution in [2.75, 3.05) is 18.9 Å². The summed E-state index contributed by atoms with van der Waals surface area (Å²) in [5.41, 5.74) is 4.35. The van der Waals surface area contributed by atoms with Crippen LogP contribution in [0.1, 0.15) is 47.3 Å². The lowest BCUT2D eigenvalue weighted by atomic mass is 9.95. The normalized spacial score (nSPS) is 17.7. The van der Waals surface area contributed by atoms with Crippen LogP contribution in [-0.2, 0) is 22.9 Å². The SMILES string of the molecule is CN1CCCC1=NS(=O)(=O)c1cccc(NC(=O)c2cccc3c4c([nH]c23)CCCC4)c1. The zero-order valence-corrected chi connectivity index (χ0v) is 18.8. The van der Waals surface area contributed by atoms with E-state index in [0.717, 1.165) is 49.6 Å². The molecule has 3 aromatic rings. The number of hydrogen-bond donors (Lipinski definition) is 2. The van der Waals surface area contributed by atoms with Crippen LogP contribution < -0.4 is 5.32 Å². The number of para-hydroxylation sites is 1. The Hall–Kier alpha value is -3.13. The highest BCUT2D eigenvalue weighted by Gasteiger charge is 2.22. The molecule has 0 atom stereocenters. The third-order valence-electron chi connectivity index (χ3n) is 6.33. The van der Waals surface area contributed by atoms with Crippen LogP contribution in [0, 0.1) is 0 Å². The maximum absolute atomic E-state index is 13.1. The number of nitrogens with one attached hydrogen (secondary N) is 2. The number of aryl methyl sites for hydroxylation is 2. The Labute approximate surface area is 187 Å². The number of anilines is 1. The predicted octanol–water partition coefficient (Wildman–Crippen LogP) is 4.11. The molecule has 32 heavy (non-hydrogen) atoms. The van der Waals surface area contributed by atoms with Crippen LogP contribution in [0.25, 0.3) is 10.9 Å². The van der Waals surface area contributed by atoms with Crippen molar-refractivity contribution in [2.45, 2.75) is 43.4 Å². The molecule has 166 valence electrons. The number of aromatic nitrogens is 1. The molecule has 1 amide bonds. The molecule has 2 aliphatic rings. The number of nitrogens with zero attached hydrogens (tertiary/aromatic N) is 2. The molecule has 0 saturated carbocycles. The Morgan fingerprint density at radius 3 is 2.69 bits per heavy atom. The Balaban J connectivity index is 1.43. The average Bonchev–Trinajstić information content (AvgIpc) is 3.36. The van der Waals surface area contributed by atoms with Crippen LogP contribution in [0.4, 0.5) is 5.69 Å². The molecule has 1 aliphatic heterocycles. The molecule has 1 fully saturated rings. The zero-order valence-electron chi connectivity index (χ0n) is 18.0. The average molecular weight is 451 g/mol. The van der Waals surface area contributed by atoms with Gasteiger partial charge in [0.15, 0.2) is 0 Å². The molecule has 1 aromatic heterocycles. The van der Waals surface area contributed by atoms with Gasteiger partial charge in [-0.05, 0) is 61.9 Å². The van der Waals surface area contributed by atoms with Gasteiger partial charge in [0.25, 0.3) is 15.9 Å². The number of hydrogen-bond acceptors (Lipinski definition) is 3. The minimum absolute atomic E-state index is 0.0663. The first-order valence-electron chi connectivity index (χ1n) is 11.0. The van der Waals surface area contributed by atoms with E-state index < -0.39 is 10.0 Å².